The molecule has 0 bridgehead atoms. The predicted molar refractivity (Wildman–Crippen MR) is 80.7 cm³/mol. The average Bonchev–Trinajstić information content (AvgIpc) is 3.27. The molecule has 1 aromatic carbocycles. The van der Waals surface area contributed by atoms with Crippen LogP contribution in [0.15, 0.2) is 24.3 Å². The minimum atomic E-state index is 0.675. The molecule has 0 unspecified atom stereocenters. The molecule has 0 aromatic heterocycles. The van der Waals surface area contributed by atoms with Gasteiger partial charge in [-0.15, -0.1) is 0 Å². The molecule has 0 N–H and O–H groups in total. The third-order valence-corrected chi connectivity index (χ3v) is 3.50. The molecule has 0 amide bonds. The van der Waals surface area contributed by atoms with Gasteiger partial charge in [-0.3, -0.25) is 0 Å². The molecule has 0 atom stereocenters. The van der Waals surface area contributed by atoms with E-state index in [1.165, 1.54) is 19.4 Å². The van der Waals surface area contributed by atoms with E-state index in [0.717, 1.165) is 37.3 Å². The van der Waals surface area contributed by atoms with Gasteiger partial charge in [0.25, 0.3) is 0 Å². The first kappa shape index (κ1) is 14.9. The van der Waals surface area contributed by atoms with Crippen LogP contribution in [0, 0.1) is 17.2 Å². The van der Waals surface area contributed by atoms with Gasteiger partial charge >= 0.3 is 0 Å². The van der Waals surface area contributed by atoms with E-state index < -0.39 is 0 Å². The predicted octanol–water partition coefficient (Wildman–Crippen LogP) is 3.45. The van der Waals surface area contributed by atoms with Crippen molar-refractivity contribution in [1.29, 1.82) is 5.26 Å². The fourth-order valence-corrected chi connectivity index (χ4v) is 2.41. The Labute approximate surface area is 122 Å². The minimum absolute atomic E-state index is 0.675. The molecule has 0 spiro atoms. The number of hydrogen-bond donors (Lipinski definition) is 0. The molecule has 3 nitrogen and oxygen atoms in total. The van der Waals surface area contributed by atoms with Gasteiger partial charge in [0, 0.05) is 19.1 Å². The Morgan fingerprint density at radius 2 is 2.00 bits per heavy atom. The lowest BCUT2D eigenvalue weighted by atomic mass is 10.2. The molecule has 0 aliphatic heterocycles. The molecule has 1 aliphatic rings. The molecule has 1 aliphatic carbocycles. The summed E-state index contributed by atoms with van der Waals surface area (Å²) in [5, 5.41) is 8.74. The average molecular weight is 272 g/mol. The zero-order valence-corrected chi connectivity index (χ0v) is 12.5. The summed E-state index contributed by atoms with van der Waals surface area (Å²) in [6, 6.07) is 10.3. The van der Waals surface area contributed by atoms with Gasteiger partial charge in [0.15, 0.2) is 0 Å². The van der Waals surface area contributed by atoms with Crippen LogP contribution in [0.4, 0.5) is 0 Å². The van der Waals surface area contributed by atoms with Crippen LogP contribution in [-0.2, 0) is 0 Å². The molecule has 1 aromatic rings. The Hall–Kier alpha value is -1.53. The second-order valence-corrected chi connectivity index (χ2v) is 5.96. The van der Waals surface area contributed by atoms with Crippen LogP contribution in [0.5, 0.6) is 5.75 Å². The summed E-state index contributed by atoms with van der Waals surface area (Å²) in [4.78, 5) is 2.60. The summed E-state index contributed by atoms with van der Waals surface area (Å²) >= 11 is 0. The molecule has 0 radical (unpaired) electrons. The number of benzene rings is 1. The smallest absolute Gasteiger partial charge is 0.119 e. The highest BCUT2D eigenvalue weighted by Crippen LogP contribution is 2.27. The third-order valence-electron chi connectivity index (χ3n) is 3.50. The van der Waals surface area contributed by atoms with Crippen molar-refractivity contribution in [3.05, 3.63) is 29.8 Å². The third kappa shape index (κ3) is 4.86. The first-order chi connectivity index (χ1) is 9.69. The summed E-state index contributed by atoms with van der Waals surface area (Å²) in [5.41, 5.74) is 0.675. The van der Waals surface area contributed by atoms with Crippen LogP contribution < -0.4 is 4.74 Å². The van der Waals surface area contributed by atoms with Crippen molar-refractivity contribution in [2.75, 3.05) is 19.7 Å². The van der Waals surface area contributed by atoms with Crippen molar-refractivity contribution < 1.29 is 4.74 Å². The number of nitrogens with zero attached hydrogens (tertiary/aromatic N) is 2. The minimum Gasteiger partial charge on any atom is -0.494 e. The molecule has 0 saturated heterocycles. The van der Waals surface area contributed by atoms with Crippen molar-refractivity contribution in [2.24, 2.45) is 5.92 Å². The molecule has 1 fully saturated rings. The van der Waals surface area contributed by atoms with Crippen LogP contribution in [0.1, 0.15) is 38.7 Å². The number of ether oxygens (including phenoxy) is 1. The highest BCUT2D eigenvalue weighted by molar-refractivity contribution is 5.34. The van der Waals surface area contributed by atoms with E-state index in [4.69, 9.17) is 10.00 Å². The topological polar surface area (TPSA) is 36.3 Å². The standard InChI is InChI=1S/C17H24N2O/c1-14(2)13-19(16-6-7-16)10-3-11-20-17-8-4-15(12-18)5-9-17/h4-5,8-9,14,16H,3,6-7,10-11,13H2,1-2H3. The van der Waals surface area contributed by atoms with Gasteiger partial charge in [0.1, 0.15) is 5.75 Å². The summed E-state index contributed by atoms with van der Waals surface area (Å²) < 4.78 is 5.72. The molecule has 2 rings (SSSR count). The van der Waals surface area contributed by atoms with Gasteiger partial charge < -0.3 is 9.64 Å². The molecule has 108 valence electrons. The monoisotopic (exact) mass is 272 g/mol. The Balaban J connectivity index is 1.68. The van der Waals surface area contributed by atoms with Gasteiger partial charge in [0.05, 0.1) is 18.2 Å². The summed E-state index contributed by atoms with van der Waals surface area (Å²) in [7, 11) is 0. The Morgan fingerprint density at radius 1 is 1.30 bits per heavy atom. The summed E-state index contributed by atoms with van der Waals surface area (Å²) in [6.45, 7) is 7.62. The quantitative estimate of drug-likeness (QED) is 0.680. The lowest BCUT2D eigenvalue weighted by molar-refractivity contribution is 0.208. The molecular formula is C17H24N2O. The number of rotatable bonds is 8. The van der Waals surface area contributed by atoms with Crippen molar-refractivity contribution in [3.8, 4) is 11.8 Å². The Kier molecular flexibility index (Phi) is 5.43. The van der Waals surface area contributed by atoms with E-state index in [2.05, 4.69) is 24.8 Å². The molecule has 1 saturated carbocycles. The van der Waals surface area contributed by atoms with E-state index in [1.54, 1.807) is 12.1 Å². The maximum absolute atomic E-state index is 8.74. The second-order valence-electron chi connectivity index (χ2n) is 5.96. The molecular weight excluding hydrogens is 248 g/mol. The van der Waals surface area contributed by atoms with E-state index >= 15 is 0 Å². The Morgan fingerprint density at radius 3 is 2.55 bits per heavy atom. The van der Waals surface area contributed by atoms with Crippen LogP contribution in [0.25, 0.3) is 0 Å². The lowest BCUT2D eigenvalue weighted by Gasteiger charge is -2.23. The van der Waals surface area contributed by atoms with Crippen LogP contribution in [-0.4, -0.2) is 30.6 Å². The second kappa shape index (κ2) is 7.31. The highest BCUT2D eigenvalue weighted by atomic mass is 16.5. The van der Waals surface area contributed by atoms with Crippen molar-refractivity contribution in [1.82, 2.24) is 4.90 Å². The van der Waals surface area contributed by atoms with E-state index in [9.17, 15) is 0 Å². The van der Waals surface area contributed by atoms with E-state index in [0.29, 0.717) is 5.56 Å². The maximum Gasteiger partial charge on any atom is 0.119 e. The lowest BCUT2D eigenvalue weighted by Crippen LogP contribution is -2.31. The highest BCUT2D eigenvalue weighted by Gasteiger charge is 2.28. The molecule has 3 heteroatoms. The zero-order valence-electron chi connectivity index (χ0n) is 12.5. The van der Waals surface area contributed by atoms with Crippen molar-refractivity contribution >= 4 is 0 Å². The number of nitriles is 1. The van der Waals surface area contributed by atoms with Crippen LogP contribution >= 0.6 is 0 Å². The van der Waals surface area contributed by atoms with Crippen LogP contribution in [0.2, 0.25) is 0 Å². The van der Waals surface area contributed by atoms with E-state index in [-0.39, 0.29) is 0 Å². The molecule has 20 heavy (non-hydrogen) atoms. The SMILES string of the molecule is CC(C)CN(CCCOc1ccc(C#N)cc1)C1CC1. The van der Waals surface area contributed by atoms with Gasteiger partial charge in [-0.2, -0.15) is 5.26 Å². The van der Waals surface area contributed by atoms with Gasteiger partial charge in [-0.1, -0.05) is 13.8 Å². The Bertz CT molecular complexity index is 443. The summed E-state index contributed by atoms with van der Waals surface area (Å²) in [6.07, 6.45) is 3.79. The fraction of sp³-hybridized carbons (Fsp3) is 0.588. The van der Waals surface area contributed by atoms with Crippen LogP contribution in [0.3, 0.4) is 0 Å². The first-order valence-corrected chi connectivity index (χ1v) is 7.56. The summed E-state index contributed by atoms with van der Waals surface area (Å²) in [5.74, 6) is 1.58. The largest absolute Gasteiger partial charge is 0.494 e. The fourth-order valence-electron chi connectivity index (χ4n) is 2.41. The first-order valence-electron chi connectivity index (χ1n) is 7.56. The zero-order chi connectivity index (χ0) is 14.4. The normalized spacial score (nSPS) is 14.6. The van der Waals surface area contributed by atoms with Gasteiger partial charge in [-0.05, 0) is 49.4 Å². The van der Waals surface area contributed by atoms with Gasteiger partial charge in [-0.25, -0.2) is 0 Å². The number of hydrogen-bond acceptors (Lipinski definition) is 3. The van der Waals surface area contributed by atoms with Crippen molar-refractivity contribution in [3.63, 3.8) is 0 Å². The van der Waals surface area contributed by atoms with E-state index in [1.807, 2.05) is 12.1 Å². The van der Waals surface area contributed by atoms with Gasteiger partial charge in [0.2, 0.25) is 0 Å². The van der Waals surface area contributed by atoms with Crippen molar-refractivity contribution in [2.45, 2.75) is 39.2 Å². The maximum atomic E-state index is 8.74. The molecule has 0 heterocycles.